The van der Waals surface area contributed by atoms with Crippen molar-refractivity contribution in [3.05, 3.63) is 74.2 Å². The van der Waals surface area contributed by atoms with Gasteiger partial charge in [0, 0.05) is 22.2 Å². The molecule has 8 heteroatoms. The van der Waals surface area contributed by atoms with Crippen LogP contribution in [0.4, 0.5) is 5.69 Å². The molecule has 1 amide bonds. The molecule has 2 aromatic carbocycles. The SMILES string of the molecule is O=C(N/N=C\c1ccc([N+](=O)[O-])cc1Br)[C@@H](O)c1ccccc1. The third kappa shape index (κ3) is 4.44. The number of nitrogens with zero attached hydrogens (tertiary/aromatic N) is 2. The fourth-order valence-corrected chi connectivity index (χ4v) is 2.22. The maximum absolute atomic E-state index is 11.8. The van der Waals surface area contributed by atoms with Gasteiger partial charge in [-0.1, -0.05) is 30.3 Å². The monoisotopic (exact) mass is 377 g/mol. The van der Waals surface area contributed by atoms with Gasteiger partial charge in [0.2, 0.25) is 0 Å². The average molecular weight is 378 g/mol. The molecule has 0 bridgehead atoms. The maximum atomic E-state index is 11.8. The highest BCUT2D eigenvalue weighted by Gasteiger charge is 2.16. The molecule has 0 aliphatic rings. The Morgan fingerprint density at radius 2 is 2.00 bits per heavy atom. The van der Waals surface area contributed by atoms with Gasteiger partial charge in [0.25, 0.3) is 11.6 Å². The van der Waals surface area contributed by atoms with Crippen LogP contribution in [-0.4, -0.2) is 22.2 Å². The van der Waals surface area contributed by atoms with Gasteiger partial charge < -0.3 is 5.11 Å². The van der Waals surface area contributed by atoms with E-state index in [0.29, 0.717) is 15.6 Å². The summed E-state index contributed by atoms with van der Waals surface area (Å²) in [6.45, 7) is 0. The van der Waals surface area contributed by atoms with Crippen LogP contribution in [0, 0.1) is 10.1 Å². The average Bonchev–Trinajstić information content (AvgIpc) is 2.56. The lowest BCUT2D eigenvalue weighted by Gasteiger charge is -2.08. The van der Waals surface area contributed by atoms with Crippen LogP contribution in [0.5, 0.6) is 0 Å². The third-order valence-corrected chi connectivity index (χ3v) is 3.62. The van der Waals surface area contributed by atoms with Crippen LogP contribution < -0.4 is 5.43 Å². The highest BCUT2D eigenvalue weighted by molar-refractivity contribution is 9.10. The molecular formula is C15H12BrN3O4. The summed E-state index contributed by atoms with van der Waals surface area (Å²) in [6.07, 6.45) is -0.00248. The number of hydrazone groups is 1. The Kier molecular flexibility index (Phi) is 5.56. The molecule has 2 aromatic rings. The molecule has 118 valence electrons. The van der Waals surface area contributed by atoms with Crippen molar-refractivity contribution in [2.24, 2.45) is 5.10 Å². The number of halogens is 1. The first-order chi connectivity index (χ1) is 11.0. The van der Waals surface area contributed by atoms with Crippen molar-refractivity contribution in [3.63, 3.8) is 0 Å². The molecule has 0 spiro atoms. The number of benzene rings is 2. The van der Waals surface area contributed by atoms with Crippen LogP contribution in [0.2, 0.25) is 0 Å². The van der Waals surface area contributed by atoms with Crippen molar-refractivity contribution in [2.45, 2.75) is 6.10 Å². The van der Waals surface area contributed by atoms with Gasteiger partial charge >= 0.3 is 0 Å². The number of carbonyl (C=O) groups is 1. The largest absolute Gasteiger partial charge is 0.378 e. The number of aliphatic hydroxyl groups excluding tert-OH is 1. The van der Waals surface area contributed by atoms with E-state index in [0.717, 1.165) is 0 Å². The molecule has 0 saturated carbocycles. The minimum Gasteiger partial charge on any atom is -0.378 e. The van der Waals surface area contributed by atoms with Crippen LogP contribution in [-0.2, 0) is 4.79 Å². The third-order valence-electron chi connectivity index (χ3n) is 2.94. The van der Waals surface area contributed by atoms with Crippen molar-refractivity contribution in [3.8, 4) is 0 Å². The van der Waals surface area contributed by atoms with Crippen LogP contribution in [0.25, 0.3) is 0 Å². The summed E-state index contributed by atoms with van der Waals surface area (Å²) >= 11 is 3.19. The van der Waals surface area contributed by atoms with Crippen LogP contribution in [0.15, 0.2) is 58.1 Å². The van der Waals surface area contributed by atoms with E-state index in [1.807, 2.05) is 0 Å². The fraction of sp³-hybridized carbons (Fsp3) is 0.0667. The molecule has 0 fully saturated rings. The Bertz CT molecular complexity index is 750. The van der Waals surface area contributed by atoms with Crippen molar-refractivity contribution >= 4 is 33.7 Å². The number of hydrogen-bond acceptors (Lipinski definition) is 5. The predicted molar refractivity (Wildman–Crippen MR) is 87.9 cm³/mol. The Morgan fingerprint density at radius 3 is 2.61 bits per heavy atom. The molecule has 2 rings (SSSR count). The highest BCUT2D eigenvalue weighted by Crippen LogP contribution is 2.21. The molecule has 0 unspecified atom stereocenters. The Balaban J connectivity index is 2.01. The van der Waals surface area contributed by atoms with E-state index < -0.39 is 16.9 Å². The molecule has 2 N–H and O–H groups in total. The second-order valence-corrected chi connectivity index (χ2v) is 5.36. The zero-order chi connectivity index (χ0) is 16.8. The van der Waals surface area contributed by atoms with Crippen LogP contribution in [0.3, 0.4) is 0 Å². The quantitative estimate of drug-likeness (QED) is 0.474. The standard InChI is InChI=1S/C15H12BrN3O4/c16-13-8-12(19(22)23)7-6-11(13)9-17-18-15(21)14(20)10-4-2-1-3-5-10/h1-9,14,20H,(H,18,21)/b17-9-/t14-/m0/s1. The second-order valence-electron chi connectivity index (χ2n) is 4.51. The topological polar surface area (TPSA) is 105 Å². The van der Waals surface area contributed by atoms with Crippen LogP contribution >= 0.6 is 15.9 Å². The van der Waals surface area contributed by atoms with E-state index in [9.17, 15) is 20.0 Å². The maximum Gasteiger partial charge on any atom is 0.273 e. The van der Waals surface area contributed by atoms with Gasteiger partial charge in [0.05, 0.1) is 11.1 Å². The van der Waals surface area contributed by atoms with E-state index in [1.54, 1.807) is 30.3 Å². The van der Waals surface area contributed by atoms with Gasteiger partial charge in [-0.05, 0) is 27.6 Å². The Labute approximate surface area is 139 Å². The van der Waals surface area contributed by atoms with Gasteiger partial charge in [-0.25, -0.2) is 5.43 Å². The van der Waals surface area contributed by atoms with Crippen molar-refractivity contribution in [1.29, 1.82) is 0 Å². The predicted octanol–water partition coefficient (Wildman–Crippen LogP) is 2.54. The van der Waals surface area contributed by atoms with Crippen LogP contribution in [0.1, 0.15) is 17.2 Å². The molecule has 23 heavy (non-hydrogen) atoms. The molecular weight excluding hydrogens is 366 g/mol. The first kappa shape index (κ1) is 16.8. The summed E-state index contributed by atoms with van der Waals surface area (Å²) < 4.78 is 0.466. The fourth-order valence-electron chi connectivity index (χ4n) is 1.75. The lowest BCUT2D eigenvalue weighted by atomic mass is 10.1. The molecule has 0 radical (unpaired) electrons. The molecule has 0 heterocycles. The lowest BCUT2D eigenvalue weighted by molar-refractivity contribution is -0.384. The minimum absolute atomic E-state index is 0.0578. The number of carbonyl (C=O) groups excluding carboxylic acids is 1. The molecule has 7 nitrogen and oxygen atoms in total. The summed E-state index contributed by atoms with van der Waals surface area (Å²) in [7, 11) is 0. The number of amides is 1. The van der Waals surface area contributed by atoms with Crippen molar-refractivity contribution < 1.29 is 14.8 Å². The summed E-state index contributed by atoms with van der Waals surface area (Å²) in [4.78, 5) is 21.9. The zero-order valence-electron chi connectivity index (χ0n) is 11.7. The normalized spacial score (nSPS) is 12.1. The number of nitro groups is 1. The zero-order valence-corrected chi connectivity index (χ0v) is 13.3. The number of aliphatic hydroxyl groups is 1. The Hall–Kier alpha value is -2.58. The smallest absolute Gasteiger partial charge is 0.273 e. The molecule has 0 aliphatic carbocycles. The number of nitro benzene ring substituents is 1. The van der Waals surface area contributed by atoms with Gasteiger partial charge in [-0.15, -0.1) is 0 Å². The summed E-state index contributed by atoms with van der Waals surface area (Å²) in [5.74, 6) is -0.675. The number of hydrogen-bond donors (Lipinski definition) is 2. The Morgan fingerprint density at radius 1 is 1.30 bits per heavy atom. The van der Waals surface area contributed by atoms with Gasteiger partial charge in [-0.3, -0.25) is 14.9 Å². The van der Waals surface area contributed by atoms with E-state index in [2.05, 4.69) is 26.5 Å². The first-order valence-electron chi connectivity index (χ1n) is 6.49. The second kappa shape index (κ2) is 7.61. The molecule has 0 saturated heterocycles. The number of rotatable bonds is 5. The van der Waals surface area contributed by atoms with Crippen molar-refractivity contribution in [2.75, 3.05) is 0 Å². The number of nitrogens with one attached hydrogen (secondary N) is 1. The molecule has 0 aromatic heterocycles. The van der Waals surface area contributed by atoms with Gasteiger partial charge in [-0.2, -0.15) is 5.10 Å². The lowest BCUT2D eigenvalue weighted by Crippen LogP contribution is -2.25. The summed E-state index contributed by atoms with van der Waals surface area (Å²) in [5.41, 5.74) is 3.16. The molecule has 1 atom stereocenters. The summed E-state index contributed by atoms with van der Waals surface area (Å²) in [6, 6.07) is 12.6. The molecule has 0 aliphatic heterocycles. The van der Waals surface area contributed by atoms with Crippen molar-refractivity contribution in [1.82, 2.24) is 5.43 Å². The van der Waals surface area contributed by atoms with E-state index >= 15 is 0 Å². The number of non-ortho nitro benzene ring substituents is 1. The highest BCUT2D eigenvalue weighted by atomic mass is 79.9. The van der Waals surface area contributed by atoms with E-state index in [-0.39, 0.29) is 5.69 Å². The minimum atomic E-state index is -1.33. The van der Waals surface area contributed by atoms with E-state index in [1.165, 1.54) is 24.4 Å². The first-order valence-corrected chi connectivity index (χ1v) is 7.28. The van der Waals surface area contributed by atoms with Gasteiger partial charge in [0.15, 0.2) is 6.10 Å². The van der Waals surface area contributed by atoms with E-state index in [4.69, 9.17) is 0 Å². The summed E-state index contributed by atoms with van der Waals surface area (Å²) in [5, 5.41) is 24.3. The van der Waals surface area contributed by atoms with Gasteiger partial charge in [0.1, 0.15) is 0 Å².